The van der Waals surface area contributed by atoms with Crippen molar-refractivity contribution in [3.8, 4) is 0 Å². The lowest BCUT2D eigenvalue weighted by atomic mass is 9.59. The molecule has 3 fully saturated rings. The van der Waals surface area contributed by atoms with E-state index in [9.17, 15) is 19.5 Å². The number of amides is 2. The molecule has 1 N–H and O–H groups in total. The lowest BCUT2D eigenvalue weighted by Gasteiger charge is -2.36. The van der Waals surface area contributed by atoms with Crippen LogP contribution in [0.15, 0.2) is 12.7 Å². The SMILES string of the molecule is C=CC(C(=O)O)N1C(=O)C2(C)C3CCC(O3)[C@@]2(C)C1=O. The first-order valence-electron chi connectivity index (χ1n) is 6.69. The fraction of sp³-hybridized carbons (Fsp3) is 0.643. The van der Waals surface area contributed by atoms with E-state index in [1.165, 1.54) is 0 Å². The molecule has 0 aromatic rings. The summed E-state index contributed by atoms with van der Waals surface area (Å²) in [4.78, 5) is 37.6. The molecular formula is C14H17NO5. The highest BCUT2D eigenvalue weighted by molar-refractivity contribution is 6.13. The molecule has 2 bridgehead atoms. The number of nitrogens with zero attached hydrogens (tertiary/aromatic N) is 1. The van der Waals surface area contributed by atoms with Gasteiger partial charge in [0.2, 0.25) is 11.8 Å². The molecule has 3 saturated heterocycles. The zero-order chi connectivity index (χ0) is 14.9. The van der Waals surface area contributed by atoms with Gasteiger partial charge in [-0.1, -0.05) is 6.08 Å². The lowest BCUT2D eigenvalue weighted by molar-refractivity contribution is -0.156. The summed E-state index contributed by atoms with van der Waals surface area (Å²) in [7, 11) is 0. The Bertz CT molecular complexity index is 510. The van der Waals surface area contributed by atoms with Crippen LogP contribution in [0.1, 0.15) is 26.7 Å². The van der Waals surface area contributed by atoms with E-state index in [2.05, 4.69) is 6.58 Å². The van der Waals surface area contributed by atoms with Gasteiger partial charge in [-0.15, -0.1) is 6.58 Å². The van der Waals surface area contributed by atoms with Crippen LogP contribution in [0.2, 0.25) is 0 Å². The van der Waals surface area contributed by atoms with E-state index < -0.39 is 34.7 Å². The van der Waals surface area contributed by atoms with Crippen LogP contribution in [-0.4, -0.2) is 46.0 Å². The van der Waals surface area contributed by atoms with E-state index in [0.29, 0.717) is 0 Å². The molecule has 4 unspecified atom stereocenters. The predicted octanol–water partition coefficient (Wildman–Crippen LogP) is 0.568. The highest BCUT2D eigenvalue weighted by atomic mass is 16.5. The van der Waals surface area contributed by atoms with Crippen molar-refractivity contribution in [2.45, 2.75) is 44.9 Å². The van der Waals surface area contributed by atoms with Crippen LogP contribution in [0, 0.1) is 10.8 Å². The third-order valence-corrected chi connectivity index (χ3v) is 5.47. The summed E-state index contributed by atoms with van der Waals surface area (Å²) in [6.45, 7) is 6.87. The number of fused-ring (bicyclic) bond motifs is 5. The average molecular weight is 279 g/mol. The zero-order valence-corrected chi connectivity index (χ0v) is 11.5. The molecule has 0 aromatic carbocycles. The summed E-state index contributed by atoms with van der Waals surface area (Å²) in [5.41, 5.74) is -1.94. The van der Waals surface area contributed by atoms with Crippen molar-refractivity contribution in [2.75, 3.05) is 0 Å². The Balaban J connectivity index is 2.11. The van der Waals surface area contributed by atoms with Gasteiger partial charge in [-0.05, 0) is 26.7 Å². The Kier molecular flexibility index (Phi) is 2.46. The molecule has 3 rings (SSSR count). The molecule has 20 heavy (non-hydrogen) atoms. The van der Waals surface area contributed by atoms with Crippen molar-refractivity contribution in [3.63, 3.8) is 0 Å². The molecular weight excluding hydrogens is 262 g/mol. The summed E-state index contributed by atoms with van der Waals surface area (Å²) in [6, 6.07) is -1.31. The van der Waals surface area contributed by atoms with Gasteiger partial charge in [-0.3, -0.25) is 14.5 Å². The highest BCUT2D eigenvalue weighted by Gasteiger charge is 2.77. The summed E-state index contributed by atoms with van der Waals surface area (Å²) >= 11 is 0. The Hall–Kier alpha value is -1.69. The fourth-order valence-electron chi connectivity index (χ4n) is 4.04. The number of likely N-dealkylation sites (tertiary alicyclic amines) is 1. The van der Waals surface area contributed by atoms with Gasteiger partial charge < -0.3 is 9.84 Å². The van der Waals surface area contributed by atoms with E-state index in [0.717, 1.165) is 23.8 Å². The maximum absolute atomic E-state index is 12.7. The van der Waals surface area contributed by atoms with Gasteiger partial charge >= 0.3 is 5.97 Å². The minimum absolute atomic E-state index is 0.307. The quantitative estimate of drug-likeness (QED) is 0.603. The fourth-order valence-corrected chi connectivity index (χ4v) is 4.04. The van der Waals surface area contributed by atoms with Crippen molar-refractivity contribution in [1.29, 1.82) is 0 Å². The zero-order valence-electron chi connectivity index (χ0n) is 11.5. The van der Waals surface area contributed by atoms with Gasteiger partial charge in [-0.25, -0.2) is 4.79 Å². The van der Waals surface area contributed by atoms with Gasteiger partial charge in [0.15, 0.2) is 6.04 Å². The highest BCUT2D eigenvalue weighted by Crippen LogP contribution is 2.64. The topological polar surface area (TPSA) is 83.9 Å². The van der Waals surface area contributed by atoms with Crippen molar-refractivity contribution in [3.05, 3.63) is 12.7 Å². The molecule has 108 valence electrons. The number of carboxylic acid groups (broad SMARTS) is 1. The van der Waals surface area contributed by atoms with Crippen LogP contribution in [0.25, 0.3) is 0 Å². The number of carbonyl (C=O) groups excluding carboxylic acids is 2. The van der Waals surface area contributed by atoms with Crippen LogP contribution >= 0.6 is 0 Å². The second-order valence-corrected chi connectivity index (χ2v) is 6.09. The molecule has 5 atom stereocenters. The minimum atomic E-state index is -1.31. The summed E-state index contributed by atoms with van der Waals surface area (Å²) in [5.74, 6) is -2.16. The molecule has 0 saturated carbocycles. The lowest BCUT2D eigenvalue weighted by Crippen LogP contribution is -2.48. The monoisotopic (exact) mass is 279 g/mol. The number of hydrogen-bond donors (Lipinski definition) is 1. The summed E-state index contributed by atoms with van der Waals surface area (Å²) in [6.07, 6.45) is 1.97. The number of hydrogen-bond acceptors (Lipinski definition) is 4. The second-order valence-electron chi connectivity index (χ2n) is 6.09. The van der Waals surface area contributed by atoms with E-state index in [1.54, 1.807) is 13.8 Å². The first-order chi connectivity index (χ1) is 9.30. The first-order valence-corrected chi connectivity index (χ1v) is 6.69. The second kappa shape index (κ2) is 3.69. The minimum Gasteiger partial charge on any atom is -0.479 e. The molecule has 0 radical (unpaired) electrons. The van der Waals surface area contributed by atoms with Gasteiger partial charge in [0.1, 0.15) is 0 Å². The Morgan fingerprint density at radius 1 is 1.35 bits per heavy atom. The van der Waals surface area contributed by atoms with E-state index >= 15 is 0 Å². The molecule has 0 spiro atoms. The van der Waals surface area contributed by atoms with E-state index in [-0.39, 0.29) is 12.2 Å². The standard InChI is InChI=1S/C14H17NO5/c1-4-7(10(16)17)15-11(18)13(2)8-5-6-9(20-8)14(13,3)12(15)19/h4,7-9H,1,5-6H2,2-3H3,(H,16,17)/t7?,8?,9?,13-,14?/m0/s1. The molecule has 2 amide bonds. The third-order valence-electron chi connectivity index (χ3n) is 5.47. The van der Waals surface area contributed by atoms with Crippen LogP contribution in [-0.2, 0) is 19.1 Å². The van der Waals surface area contributed by atoms with Crippen molar-refractivity contribution in [1.82, 2.24) is 4.90 Å². The van der Waals surface area contributed by atoms with Crippen LogP contribution in [0.3, 0.4) is 0 Å². The molecule has 6 nitrogen and oxygen atoms in total. The van der Waals surface area contributed by atoms with Gasteiger partial charge in [0.25, 0.3) is 0 Å². The number of carboxylic acids is 1. The number of ether oxygens (including phenoxy) is 1. The maximum Gasteiger partial charge on any atom is 0.330 e. The Labute approximate surface area is 116 Å². The Morgan fingerprint density at radius 3 is 2.15 bits per heavy atom. The van der Waals surface area contributed by atoms with Crippen LogP contribution in [0.5, 0.6) is 0 Å². The normalized spacial score (nSPS) is 43.8. The average Bonchev–Trinajstić information content (AvgIpc) is 3.00. The van der Waals surface area contributed by atoms with Crippen molar-refractivity contribution < 1.29 is 24.2 Å². The van der Waals surface area contributed by atoms with Crippen LogP contribution < -0.4 is 0 Å². The molecule has 0 aromatic heterocycles. The smallest absolute Gasteiger partial charge is 0.330 e. The summed E-state index contributed by atoms with van der Waals surface area (Å²) < 4.78 is 5.77. The van der Waals surface area contributed by atoms with Crippen molar-refractivity contribution in [2.24, 2.45) is 10.8 Å². The number of carbonyl (C=O) groups is 3. The predicted molar refractivity (Wildman–Crippen MR) is 67.6 cm³/mol. The van der Waals surface area contributed by atoms with E-state index in [4.69, 9.17) is 4.74 Å². The third kappa shape index (κ3) is 1.12. The van der Waals surface area contributed by atoms with Crippen molar-refractivity contribution >= 4 is 17.8 Å². The Morgan fingerprint density at radius 2 is 1.80 bits per heavy atom. The largest absolute Gasteiger partial charge is 0.479 e. The maximum atomic E-state index is 12.7. The van der Waals surface area contributed by atoms with Gasteiger partial charge in [0, 0.05) is 0 Å². The molecule has 3 heterocycles. The molecule has 3 aliphatic rings. The molecule has 6 heteroatoms. The number of aliphatic carboxylic acids is 1. The first kappa shape index (κ1) is 13.3. The number of rotatable bonds is 3. The summed E-state index contributed by atoms with van der Waals surface area (Å²) in [5, 5.41) is 9.20. The van der Waals surface area contributed by atoms with Crippen LogP contribution in [0.4, 0.5) is 0 Å². The van der Waals surface area contributed by atoms with E-state index in [1.807, 2.05) is 0 Å². The molecule has 3 aliphatic heterocycles. The van der Waals surface area contributed by atoms with Gasteiger partial charge in [-0.2, -0.15) is 0 Å². The number of imide groups is 1. The van der Waals surface area contributed by atoms with Gasteiger partial charge in [0.05, 0.1) is 23.0 Å². The molecule has 0 aliphatic carbocycles.